The first kappa shape index (κ1) is 14.5. The van der Waals surface area contributed by atoms with E-state index >= 15 is 0 Å². The largest absolute Gasteiger partial charge is 0.326 e. The standard InChI is InChI=1S/C17H28N2/c1-13-9-14(2)11-15(10-13)12-16(18)17(19(3)4)7-5-6-8-17/h9-11,16H,5-8,12,18H2,1-4H3. The molecule has 1 saturated carbocycles. The number of rotatable bonds is 4. The van der Waals surface area contributed by atoms with Crippen LogP contribution in [-0.2, 0) is 6.42 Å². The second-order valence-electron chi connectivity index (χ2n) is 6.51. The summed E-state index contributed by atoms with van der Waals surface area (Å²) in [4.78, 5) is 2.37. The number of likely N-dealkylation sites (N-methyl/N-ethyl adjacent to an activating group) is 1. The first-order chi connectivity index (χ1) is 8.94. The van der Waals surface area contributed by atoms with E-state index in [0.29, 0.717) is 0 Å². The third-order valence-corrected chi connectivity index (χ3v) is 4.79. The molecule has 0 bridgehead atoms. The van der Waals surface area contributed by atoms with Gasteiger partial charge < -0.3 is 10.6 Å². The Kier molecular flexibility index (Phi) is 4.32. The molecular weight excluding hydrogens is 232 g/mol. The molecule has 19 heavy (non-hydrogen) atoms. The van der Waals surface area contributed by atoms with Gasteiger partial charge in [-0.2, -0.15) is 0 Å². The molecule has 1 atom stereocenters. The summed E-state index contributed by atoms with van der Waals surface area (Å²) in [5.74, 6) is 0. The molecule has 2 heteroatoms. The fourth-order valence-corrected chi connectivity index (χ4v) is 3.77. The van der Waals surface area contributed by atoms with Crippen LogP contribution in [0.4, 0.5) is 0 Å². The molecule has 1 aliphatic carbocycles. The van der Waals surface area contributed by atoms with Crippen molar-refractivity contribution in [1.82, 2.24) is 4.90 Å². The van der Waals surface area contributed by atoms with Crippen molar-refractivity contribution in [2.75, 3.05) is 14.1 Å². The van der Waals surface area contributed by atoms with Crippen molar-refractivity contribution in [2.45, 2.75) is 57.5 Å². The Hall–Kier alpha value is -0.860. The molecule has 1 aliphatic rings. The highest BCUT2D eigenvalue weighted by Gasteiger charge is 2.41. The van der Waals surface area contributed by atoms with E-state index in [1.807, 2.05) is 0 Å². The van der Waals surface area contributed by atoms with Gasteiger partial charge in [0.15, 0.2) is 0 Å². The molecule has 0 aliphatic heterocycles. The molecule has 2 nitrogen and oxygen atoms in total. The maximum atomic E-state index is 6.61. The molecule has 0 heterocycles. The predicted octanol–water partition coefficient (Wildman–Crippen LogP) is 3.05. The number of hydrogen-bond donors (Lipinski definition) is 1. The molecule has 1 unspecified atom stereocenters. The van der Waals surface area contributed by atoms with Crippen LogP contribution in [-0.4, -0.2) is 30.6 Å². The maximum Gasteiger partial charge on any atom is 0.0357 e. The Morgan fingerprint density at radius 2 is 1.63 bits per heavy atom. The van der Waals surface area contributed by atoms with Gasteiger partial charge >= 0.3 is 0 Å². The van der Waals surface area contributed by atoms with Crippen LogP contribution < -0.4 is 5.73 Å². The highest BCUT2D eigenvalue weighted by atomic mass is 15.2. The Balaban J connectivity index is 2.17. The fourth-order valence-electron chi connectivity index (χ4n) is 3.77. The average molecular weight is 260 g/mol. The first-order valence-electron chi connectivity index (χ1n) is 7.44. The van der Waals surface area contributed by atoms with E-state index in [1.165, 1.54) is 42.4 Å². The summed E-state index contributed by atoms with van der Waals surface area (Å²) in [5.41, 5.74) is 10.9. The summed E-state index contributed by atoms with van der Waals surface area (Å²) >= 11 is 0. The molecule has 1 aromatic carbocycles. The zero-order valence-corrected chi connectivity index (χ0v) is 12.9. The van der Waals surface area contributed by atoms with Gasteiger partial charge in [0.1, 0.15) is 0 Å². The lowest BCUT2D eigenvalue weighted by atomic mass is 9.83. The van der Waals surface area contributed by atoms with Gasteiger partial charge in [-0.15, -0.1) is 0 Å². The quantitative estimate of drug-likeness (QED) is 0.901. The molecule has 0 saturated heterocycles. The van der Waals surface area contributed by atoms with E-state index < -0.39 is 0 Å². The van der Waals surface area contributed by atoms with Gasteiger partial charge in [0.25, 0.3) is 0 Å². The Morgan fingerprint density at radius 3 is 2.11 bits per heavy atom. The fraction of sp³-hybridized carbons (Fsp3) is 0.647. The molecule has 2 N–H and O–H groups in total. The Labute approximate surface area is 118 Å². The summed E-state index contributed by atoms with van der Waals surface area (Å²) in [6, 6.07) is 7.02. The zero-order chi connectivity index (χ0) is 14.0. The minimum atomic E-state index is 0.206. The van der Waals surface area contributed by atoms with Crippen LogP contribution in [0.25, 0.3) is 0 Å². The van der Waals surface area contributed by atoms with Crippen molar-refractivity contribution in [2.24, 2.45) is 5.73 Å². The number of nitrogens with zero attached hydrogens (tertiary/aromatic N) is 1. The number of benzene rings is 1. The van der Waals surface area contributed by atoms with Crippen LogP contribution in [0.3, 0.4) is 0 Å². The first-order valence-corrected chi connectivity index (χ1v) is 7.44. The monoisotopic (exact) mass is 260 g/mol. The maximum absolute atomic E-state index is 6.61. The topological polar surface area (TPSA) is 29.3 Å². The van der Waals surface area contributed by atoms with Gasteiger partial charge in [-0.1, -0.05) is 42.2 Å². The highest BCUT2D eigenvalue weighted by molar-refractivity contribution is 5.29. The molecule has 2 rings (SSSR count). The van der Waals surface area contributed by atoms with Gasteiger partial charge in [-0.05, 0) is 52.8 Å². The van der Waals surface area contributed by atoms with Crippen molar-refractivity contribution >= 4 is 0 Å². The van der Waals surface area contributed by atoms with Crippen molar-refractivity contribution in [1.29, 1.82) is 0 Å². The van der Waals surface area contributed by atoms with Crippen molar-refractivity contribution < 1.29 is 0 Å². The van der Waals surface area contributed by atoms with Crippen molar-refractivity contribution in [3.8, 4) is 0 Å². The summed E-state index contributed by atoms with van der Waals surface area (Å²) in [6.07, 6.45) is 6.11. The van der Waals surface area contributed by atoms with Crippen molar-refractivity contribution in [3.05, 3.63) is 34.9 Å². The zero-order valence-electron chi connectivity index (χ0n) is 12.9. The van der Waals surface area contributed by atoms with Crippen molar-refractivity contribution in [3.63, 3.8) is 0 Å². The van der Waals surface area contributed by atoms with Crippen LogP contribution in [0.1, 0.15) is 42.4 Å². The predicted molar refractivity (Wildman–Crippen MR) is 82.5 cm³/mol. The Bertz CT molecular complexity index is 411. The Morgan fingerprint density at radius 1 is 1.11 bits per heavy atom. The summed E-state index contributed by atoms with van der Waals surface area (Å²) in [7, 11) is 4.37. The normalized spacial score (nSPS) is 19.9. The minimum Gasteiger partial charge on any atom is -0.326 e. The van der Waals surface area contributed by atoms with E-state index in [-0.39, 0.29) is 11.6 Å². The number of hydrogen-bond acceptors (Lipinski definition) is 2. The van der Waals surface area contributed by atoms with E-state index in [2.05, 4.69) is 51.0 Å². The highest BCUT2D eigenvalue weighted by Crippen LogP contribution is 2.37. The van der Waals surface area contributed by atoms with Gasteiger partial charge in [0.05, 0.1) is 0 Å². The SMILES string of the molecule is Cc1cc(C)cc(CC(N)C2(N(C)C)CCCC2)c1. The number of nitrogens with two attached hydrogens (primary N) is 1. The van der Waals surface area contributed by atoms with E-state index in [4.69, 9.17) is 5.73 Å². The van der Waals surface area contributed by atoms with E-state index in [9.17, 15) is 0 Å². The second kappa shape index (κ2) is 5.64. The van der Waals surface area contributed by atoms with Gasteiger partial charge in [-0.25, -0.2) is 0 Å². The van der Waals surface area contributed by atoms with Gasteiger partial charge in [0, 0.05) is 11.6 Å². The summed E-state index contributed by atoms with van der Waals surface area (Å²) < 4.78 is 0. The van der Waals surface area contributed by atoms with Crippen LogP contribution in [0, 0.1) is 13.8 Å². The lowest BCUT2D eigenvalue weighted by Crippen LogP contribution is -2.56. The summed E-state index contributed by atoms with van der Waals surface area (Å²) in [5, 5.41) is 0. The van der Waals surface area contributed by atoms with Crippen LogP contribution in [0.15, 0.2) is 18.2 Å². The molecule has 1 fully saturated rings. The van der Waals surface area contributed by atoms with Crippen LogP contribution in [0.2, 0.25) is 0 Å². The molecule has 106 valence electrons. The molecule has 0 aromatic heterocycles. The van der Waals surface area contributed by atoms with E-state index in [0.717, 1.165) is 6.42 Å². The van der Waals surface area contributed by atoms with Crippen LogP contribution >= 0.6 is 0 Å². The number of aryl methyl sites for hydroxylation is 2. The van der Waals surface area contributed by atoms with Crippen LogP contribution in [0.5, 0.6) is 0 Å². The lowest BCUT2D eigenvalue weighted by Gasteiger charge is -2.41. The lowest BCUT2D eigenvalue weighted by molar-refractivity contribution is 0.123. The third kappa shape index (κ3) is 3.01. The molecule has 1 aromatic rings. The van der Waals surface area contributed by atoms with E-state index in [1.54, 1.807) is 0 Å². The third-order valence-electron chi connectivity index (χ3n) is 4.79. The van der Waals surface area contributed by atoms with Gasteiger partial charge in [0.2, 0.25) is 0 Å². The minimum absolute atomic E-state index is 0.206. The summed E-state index contributed by atoms with van der Waals surface area (Å²) in [6.45, 7) is 4.33. The average Bonchev–Trinajstić information content (AvgIpc) is 2.77. The van der Waals surface area contributed by atoms with Gasteiger partial charge in [-0.3, -0.25) is 0 Å². The molecule has 0 spiro atoms. The smallest absolute Gasteiger partial charge is 0.0357 e. The molecule has 0 amide bonds. The second-order valence-corrected chi connectivity index (χ2v) is 6.51. The molecule has 0 radical (unpaired) electrons. The molecular formula is C17H28N2.